The molecule has 0 aromatic heterocycles. The van der Waals surface area contributed by atoms with E-state index < -0.39 is 6.10 Å². The highest BCUT2D eigenvalue weighted by atomic mass is 16.6. The van der Waals surface area contributed by atoms with Gasteiger partial charge in [-0.15, -0.1) is 0 Å². The zero-order valence-electron chi connectivity index (χ0n) is 7.10. The van der Waals surface area contributed by atoms with Gasteiger partial charge in [0.2, 0.25) is 0 Å². The molecule has 2 saturated heterocycles. The van der Waals surface area contributed by atoms with Crippen molar-refractivity contribution in [3.05, 3.63) is 0 Å². The number of hydrogen-bond acceptors (Lipinski definition) is 4. The molecule has 12 heavy (non-hydrogen) atoms. The first kappa shape index (κ1) is 8.44. The van der Waals surface area contributed by atoms with E-state index in [1.807, 2.05) is 6.92 Å². The Bertz CT molecular complexity index is 161. The van der Waals surface area contributed by atoms with E-state index in [9.17, 15) is 5.11 Å². The van der Waals surface area contributed by atoms with Crippen LogP contribution >= 0.6 is 0 Å². The fraction of sp³-hybridized carbons (Fsp3) is 1.00. The van der Waals surface area contributed by atoms with Crippen molar-refractivity contribution in [3.63, 3.8) is 0 Å². The Morgan fingerprint density at radius 1 is 1.33 bits per heavy atom. The lowest BCUT2D eigenvalue weighted by atomic mass is 10.1. The highest BCUT2D eigenvalue weighted by Gasteiger charge is 2.47. The summed E-state index contributed by atoms with van der Waals surface area (Å²) >= 11 is 0. The van der Waals surface area contributed by atoms with Gasteiger partial charge >= 0.3 is 0 Å². The van der Waals surface area contributed by atoms with Crippen molar-refractivity contribution in [1.82, 2.24) is 0 Å². The van der Waals surface area contributed by atoms with E-state index in [1.165, 1.54) is 0 Å². The predicted molar refractivity (Wildman–Crippen MR) is 40.9 cm³/mol. The van der Waals surface area contributed by atoms with Gasteiger partial charge in [0.05, 0.1) is 13.2 Å². The summed E-state index contributed by atoms with van der Waals surface area (Å²) in [6, 6.07) is 0. The van der Waals surface area contributed by atoms with Crippen LogP contribution < -0.4 is 0 Å². The highest BCUT2D eigenvalue weighted by Crippen LogP contribution is 2.28. The van der Waals surface area contributed by atoms with Crippen molar-refractivity contribution in [2.24, 2.45) is 0 Å². The normalized spacial score (nSPS) is 46.5. The Labute approximate surface area is 71.4 Å². The molecule has 0 radical (unpaired) electrons. The van der Waals surface area contributed by atoms with Crippen molar-refractivity contribution in [2.45, 2.75) is 31.3 Å². The Kier molecular flexibility index (Phi) is 2.32. The van der Waals surface area contributed by atoms with Gasteiger partial charge in [0.25, 0.3) is 0 Å². The zero-order chi connectivity index (χ0) is 8.55. The van der Waals surface area contributed by atoms with E-state index in [0.29, 0.717) is 19.8 Å². The fourth-order valence-electron chi connectivity index (χ4n) is 1.80. The summed E-state index contributed by atoms with van der Waals surface area (Å²) in [4.78, 5) is 0. The Morgan fingerprint density at radius 2 is 2.08 bits per heavy atom. The van der Waals surface area contributed by atoms with Gasteiger partial charge in [-0.3, -0.25) is 0 Å². The third-order valence-corrected chi connectivity index (χ3v) is 2.36. The average Bonchev–Trinajstić information content (AvgIpc) is 2.58. The summed E-state index contributed by atoms with van der Waals surface area (Å²) in [7, 11) is 0. The van der Waals surface area contributed by atoms with Crippen LogP contribution in [0.4, 0.5) is 0 Å². The maximum atomic E-state index is 9.38. The maximum Gasteiger partial charge on any atom is 0.115 e. The van der Waals surface area contributed by atoms with E-state index in [0.717, 1.165) is 0 Å². The maximum absolute atomic E-state index is 9.38. The topological polar surface area (TPSA) is 47.9 Å². The van der Waals surface area contributed by atoms with E-state index in [4.69, 9.17) is 14.2 Å². The number of ether oxygens (including phenoxy) is 3. The van der Waals surface area contributed by atoms with Gasteiger partial charge in [0.1, 0.15) is 24.4 Å². The third-order valence-electron chi connectivity index (χ3n) is 2.36. The van der Waals surface area contributed by atoms with E-state index in [-0.39, 0.29) is 18.3 Å². The van der Waals surface area contributed by atoms with E-state index >= 15 is 0 Å². The molecule has 4 atom stereocenters. The second kappa shape index (κ2) is 3.30. The molecule has 2 rings (SSSR count). The quantitative estimate of drug-likeness (QED) is 0.616. The number of rotatable bonds is 2. The summed E-state index contributed by atoms with van der Waals surface area (Å²) < 4.78 is 16.1. The van der Waals surface area contributed by atoms with Crippen molar-refractivity contribution < 1.29 is 19.3 Å². The largest absolute Gasteiger partial charge is 0.388 e. The fourth-order valence-corrected chi connectivity index (χ4v) is 1.80. The number of hydrogen-bond donors (Lipinski definition) is 1. The molecule has 0 aliphatic carbocycles. The third kappa shape index (κ3) is 1.25. The molecule has 2 heterocycles. The van der Waals surface area contributed by atoms with Gasteiger partial charge in [0.15, 0.2) is 0 Å². The molecule has 70 valence electrons. The van der Waals surface area contributed by atoms with Crippen molar-refractivity contribution in [3.8, 4) is 0 Å². The molecular formula is C8H14O4. The molecule has 0 amide bonds. The van der Waals surface area contributed by atoms with Crippen LogP contribution in [0, 0.1) is 0 Å². The zero-order valence-corrected chi connectivity index (χ0v) is 7.10. The standard InChI is InChI=1S/C8H14O4/c1-2-10-6-4-12-7-5(9)3-11-8(6)7/h5-9H,2-4H2,1H3/t5-,6+,7+,8+/m0/s1. The Morgan fingerprint density at radius 3 is 2.83 bits per heavy atom. The SMILES string of the molecule is CCO[C@@H]1CO[C@H]2[C@@H]1OC[C@@H]2O. The molecule has 0 bridgehead atoms. The second-order valence-corrected chi connectivity index (χ2v) is 3.16. The predicted octanol–water partition coefficient (Wildman–Crippen LogP) is -0.450. The minimum absolute atomic E-state index is 0.0112. The van der Waals surface area contributed by atoms with Crippen molar-refractivity contribution in [1.29, 1.82) is 0 Å². The number of fused-ring (bicyclic) bond motifs is 1. The molecule has 0 aromatic rings. The Hall–Kier alpha value is -0.160. The summed E-state index contributed by atoms with van der Waals surface area (Å²) in [6.07, 6.45) is -0.681. The molecular weight excluding hydrogens is 160 g/mol. The van der Waals surface area contributed by atoms with Crippen LogP contribution in [0.15, 0.2) is 0 Å². The van der Waals surface area contributed by atoms with Crippen LogP contribution in [0.25, 0.3) is 0 Å². The molecule has 4 nitrogen and oxygen atoms in total. The van der Waals surface area contributed by atoms with Gasteiger partial charge in [-0.25, -0.2) is 0 Å². The van der Waals surface area contributed by atoms with Crippen LogP contribution in [0.2, 0.25) is 0 Å². The molecule has 0 aromatic carbocycles. The van der Waals surface area contributed by atoms with Gasteiger partial charge in [-0.2, -0.15) is 0 Å². The van der Waals surface area contributed by atoms with E-state index in [1.54, 1.807) is 0 Å². The van der Waals surface area contributed by atoms with Crippen LogP contribution in [0.5, 0.6) is 0 Å². The first-order chi connectivity index (χ1) is 5.83. The molecule has 0 saturated carbocycles. The first-order valence-corrected chi connectivity index (χ1v) is 4.35. The van der Waals surface area contributed by atoms with Crippen molar-refractivity contribution >= 4 is 0 Å². The molecule has 2 aliphatic heterocycles. The first-order valence-electron chi connectivity index (χ1n) is 4.35. The number of aliphatic hydroxyl groups is 1. The molecule has 1 N–H and O–H groups in total. The second-order valence-electron chi connectivity index (χ2n) is 3.16. The Balaban J connectivity index is 1.96. The highest BCUT2D eigenvalue weighted by molar-refractivity contribution is 4.94. The molecule has 0 spiro atoms. The minimum atomic E-state index is -0.472. The smallest absolute Gasteiger partial charge is 0.115 e. The van der Waals surface area contributed by atoms with Gasteiger partial charge in [-0.1, -0.05) is 0 Å². The minimum Gasteiger partial charge on any atom is -0.388 e. The lowest BCUT2D eigenvalue weighted by Crippen LogP contribution is -2.32. The summed E-state index contributed by atoms with van der Waals surface area (Å²) in [5.74, 6) is 0. The van der Waals surface area contributed by atoms with Gasteiger partial charge in [-0.05, 0) is 6.92 Å². The molecule has 0 unspecified atom stereocenters. The van der Waals surface area contributed by atoms with Crippen LogP contribution in [0.3, 0.4) is 0 Å². The molecule has 4 heteroatoms. The van der Waals surface area contributed by atoms with Crippen LogP contribution in [-0.4, -0.2) is 49.3 Å². The van der Waals surface area contributed by atoms with Crippen molar-refractivity contribution in [2.75, 3.05) is 19.8 Å². The molecule has 2 aliphatic rings. The monoisotopic (exact) mass is 174 g/mol. The van der Waals surface area contributed by atoms with E-state index in [2.05, 4.69) is 0 Å². The average molecular weight is 174 g/mol. The van der Waals surface area contributed by atoms with Gasteiger partial charge in [0, 0.05) is 6.61 Å². The summed E-state index contributed by atoms with van der Waals surface area (Å²) in [5, 5.41) is 9.38. The molecule has 2 fully saturated rings. The lowest BCUT2D eigenvalue weighted by molar-refractivity contribution is -0.0327. The van der Waals surface area contributed by atoms with Gasteiger partial charge < -0.3 is 19.3 Å². The summed E-state index contributed by atoms with van der Waals surface area (Å²) in [6.45, 7) is 3.52. The van der Waals surface area contributed by atoms with Crippen LogP contribution in [0.1, 0.15) is 6.92 Å². The number of aliphatic hydroxyl groups excluding tert-OH is 1. The lowest BCUT2D eigenvalue weighted by Gasteiger charge is -2.14. The van der Waals surface area contributed by atoms with Crippen LogP contribution in [-0.2, 0) is 14.2 Å². The summed E-state index contributed by atoms with van der Waals surface area (Å²) in [5.41, 5.74) is 0.